The number of aromatic nitrogens is 2. The predicted molar refractivity (Wildman–Crippen MR) is 102 cm³/mol. The number of amides is 1. The van der Waals surface area contributed by atoms with Crippen molar-refractivity contribution in [2.75, 3.05) is 0 Å². The van der Waals surface area contributed by atoms with Crippen LogP contribution >= 0.6 is 11.6 Å². The smallest absolute Gasteiger partial charge is 0.261 e. The molecule has 0 saturated heterocycles. The van der Waals surface area contributed by atoms with Gasteiger partial charge in [0.2, 0.25) is 0 Å². The van der Waals surface area contributed by atoms with Crippen LogP contribution < -0.4 is 10.9 Å². The molecule has 4 rings (SSSR count). The molecule has 1 N–H and O–H groups in total. The molecular weight excluding hydrogens is 350 g/mol. The topological polar surface area (TPSA) is 64.0 Å². The highest BCUT2D eigenvalue weighted by atomic mass is 35.5. The summed E-state index contributed by atoms with van der Waals surface area (Å²) in [4.78, 5) is 29.7. The minimum Gasteiger partial charge on any atom is -0.345 e. The largest absolute Gasteiger partial charge is 0.345 e. The number of nitrogens with one attached hydrogen (secondary N) is 1. The zero-order chi connectivity index (χ0) is 18.3. The lowest BCUT2D eigenvalue weighted by molar-refractivity contribution is 0.0940. The summed E-state index contributed by atoms with van der Waals surface area (Å²) in [6.07, 6.45) is 1.73. The summed E-state index contributed by atoms with van der Waals surface area (Å²) in [6, 6.07) is 12.2. The van der Waals surface area contributed by atoms with Crippen molar-refractivity contribution < 1.29 is 4.79 Å². The van der Waals surface area contributed by atoms with Crippen LogP contribution in [0.1, 0.15) is 41.1 Å². The number of rotatable bonds is 3. The van der Waals surface area contributed by atoms with Crippen LogP contribution in [-0.4, -0.2) is 15.5 Å². The van der Waals surface area contributed by atoms with Gasteiger partial charge in [0, 0.05) is 23.6 Å². The van der Waals surface area contributed by atoms with E-state index in [1.165, 1.54) is 0 Å². The maximum absolute atomic E-state index is 12.6. The van der Waals surface area contributed by atoms with Gasteiger partial charge in [-0.3, -0.25) is 14.2 Å². The first-order chi connectivity index (χ1) is 12.5. The Hall–Kier alpha value is -2.66. The summed E-state index contributed by atoms with van der Waals surface area (Å²) in [6.45, 7) is 2.60. The van der Waals surface area contributed by atoms with E-state index < -0.39 is 0 Å². The standard InChI is InChI=1S/C20H18ClN3O2/c1-12(14-5-2-3-6-16(14)21)22-19(25)13-8-9-15-17(11-13)23-18-7-4-10-24(18)20(15)26/h2-3,5-6,8-9,11-12H,4,7,10H2,1H3,(H,22,25)/t12-/m1/s1. The third-order valence-corrected chi connectivity index (χ3v) is 5.14. The molecule has 0 aliphatic carbocycles. The maximum Gasteiger partial charge on any atom is 0.261 e. The van der Waals surface area contributed by atoms with Gasteiger partial charge >= 0.3 is 0 Å². The van der Waals surface area contributed by atoms with Gasteiger partial charge in [0.25, 0.3) is 11.5 Å². The average Bonchev–Trinajstić information content (AvgIpc) is 3.10. The summed E-state index contributed by atoms with van der Waals surface area (Å²) in [5, 5.41) is 4.11. The number of benzene rings is 2. The number of hydrogen-bond acceptors (Lipinski definition) is 3. The van der Waals surface area contributed by atoms with E-state index in [0.29, 0.717) is 28.0 Å². The fourth-order valence-corrected chi connectivity index (χ4v) is 3.71. The van der Waals surface area contributed by atoms with E-state index in [-0.39, 0.29) is 17.5 Å². The number of carbonyl (C=O) groups is 1. The molecule has 0 radical (unpaired) electrons. The van der Waals surface area contributed by atoms with Crippen molar-refractivity contribution >= 4 is 28.4 Å². The summed E-state index contributed by atoms with van der Waals surface area (Å²) in [5.74, 6) is 0.575. The molecule has 132 valence electrons. The fourth-order valence-electron chi connectivity index (χ4n) is 3.41. The molecule has 6 heteroatoms. The Bertz CT molecular complexity index is 1070. The summed E-state index contributed by atoms with van der Waals surface area (Å²) in [7, 11) is 0. The average molecular weight is 368 g/mol. The van der Waals surface area contributed by atoms with Crippen LogP contribution in [0.5, 0.6) is 0 Å². The molecule has 0 bridgehead atoms. The van der Waals surface area contributed by atoms with Gasteiger partial charge in [0.15, 0.2) is 0 Å². The van der Waals surface area contributed by atoms with Crippen molar-refractivity contribution in [3.05, 3.63) is 74.8 Å². The molecule has 0 saturated carbocycles. The number of carbonyl (C=O) groups excluding carboxylic acids is 1. The van der Waals surface area contributed by atoms with Crippen LogP contribution in [0.15, 0.2) is 47.3 Å². The Labute approximate surface area is 155 Å². The van der Waals surface area contributed by atoms with E-state index in [0.717, 1.165) is 24.2 Å². The lowest BCUT2D eigenvalue weighted by atomic mass is 10.1. The van der Waals surface area contributed by atoms with Gasteiger partial charge in [-0.1, -0.05) is 29.8 Å². The zero-order valence-electron chi connectivity index (χ0n) is 14.3. The molecule has 0 spiro atoms. The SMILES string of the molecule is C[C@@H](NC(=O)c1ccc2c(=O)n3c(nc2c1)CCC3)c1ccccc1Cl. The lowest BCUT2D eigenvalue weighted by Crippen LogP contribution is -2.27. The first-order valence-electron chi connectivity index (χ1n) is 8.63. The molecule has 5 nitrogen and oxygen atoms in total. The molecule has 26 heavy (non-hydrogen) atoms. The van der Waals surface area contributed by atoms with Crippen molar-refractivity contribution in [3.8, 4) is 0 Å². The van der Waals surface area contributed by atoms with Crippen molar-refractivity contribution in [2.24, 2.45) is 0 Å². The molecular formula is C20H18ClN3O2. The van der Waals surface area contributed by atoms with E-state index in [1.807, 2.05) is 25.1 Å². The fraction of sp³-hybridized carbons (Fsp3) is 0.250. The van der Waals surface area contributed by atoms with Crippen molar-refractivity contribution in [3.63, 3.8) is 0 Å². The molecule has 2 heterocycles. The van der Waals surface area contributed by atoms with E-state index in [9.17, 15) is 9.59 Å². The Morgan fingerprint density at radius 1 is 1.27 bits per heavy atom. The normalized spacial score (nSPS) is 14.2. The Morgan fingerprint density at radius 3 is 2.88 bits per heavy atom. The minimum atomic E-state index is -0.231. The van der Waals surface area contributed by atoms with Crippen LogP contribution in [0, 0.1) is 0 Å². The molecule has 1 aromatic heterocycles. The Kier molecular flexibility index (Phi) is 4.24. The molecule has 1 aliphatic rings. The van der Waals surface area contributed by atoms with Crippen LogP contribution in [0.4, 0.5) is 0 Å². The predicted octanol–water partition coefficient (Wildman–Crippen LogP) is 3.49. The molecule has 0 fully saturated rings. The third-order valence-electron chi connectivity index (χ3n) is 4.80. The number of aryl methyl sites for hydroxylation is 1. The first kappa shape index (κ1) is 16.8. The van der Waals surface area contributed by atoms with Gasteiger partial charge in [-0.15, -0.1) is 0 Å². The van der Waals surface area contributed by atoms with Crippen molar-refractivity contribution in [1.29, 1.82) is 0 Å². The van der Waals surface area contributed by atoms with E-state index >= 15 is 0 Å². The van der Waals surface area contributed by atoms with Gasteiger partial charge in [-0.2, -0.15) is 0 Å². The second-order valence-electron chi connectivity index (χ2n) is 6.54. The maximum atomic E-state index is 12.6. The molecule has 2 aromatic carbocycles. The summed E-state index contributed by atoms with van der Waals surface area (Å²) >= 11 is 6.20. The lowest BCUT2D eigenvalue weighted by Gasteiger charge is -2.16. The van der Waals surface area contributed by atoms with Gasteiger partial charge in [-0.25, -0.2) is 4.98 Å². The Balaban J connectivity index is 1.64. The van der Waals surface area contributed by atoms with Crippen molar-refractivity contribution in [2.45, 2.75) is 32.4 Å². The van der Waals surface area contributed by atoms with Crippen molar-refractivity contribution in [1.82, 2.24) is 14.9 Å². The molecule has 1 atom stereocenters. The van der Waals surface area contributed by atoms with Crippen LogP contribution in [0.3, 0.4) is 0 Å². The highest BCUT2D eigenvalue weighted by molar-refractivity contribution is 6.31. The zero-order valence-corrected chi connectivity index (χ0v) is 15.1. The molecule has 1 aliphatic heterocycles. The third kappa shape index (κ3) is 2.88. The number of hydrogen-bond donors (Lipinski definition) is 1. The monoisotopic (exact) mass is 367 g/mol. The van der Waals surface area contributed by atoms with Gasteiger partial charge < -0.3 is 5.32 Å². The summed E-state index contributed by atoms with van der Waals surface area (Å²) < 4.78 is 1.72. The number of halogens is 1. The quantitative estimate of drug-likeness (QED) is 0.770. The van der Waals surface area contributed by atoms with Gasteiger partial charge in [-0.05, 0) is 43.2 Å². The Morgan fingerprint density at radius 2 is 2.08 bits per heavy atom. The van der Waals surface area contributed by atoms with Crippen LogP contribution in [0.25, 0.3) is 10.9 Å². The van der Waals surface area contributed by atoms with Gasteiger partial charge in [0.1, 0.15) is 5.82 Å². The second-order valence-corrected chi connectivity index (χ2v) is 6.94. The molecule has 3 aromatic rings. The van der Waals surface area contributed by atoms with Crippen LogP contribution in [0.2, 0.25) is 5.02 Å². The van der Waals surface area contributed by atoms with E-state index in [1.54, 1.807) is 28.8 Å². The first-order valence-corrected chi connectivity index (χ1v) is 9.01. The van der Waals surface area contributed by atoms with E-state index in [2.05, 4.69) is 10.3 Å². The number of nitrogens with zero attached hydrogens (tertiary/aromatic N) is 2. The highest BCUT2D eigenvalue weighted by Crippen LogP contribution is 2.23. The minimum absolute atomic E-state index is 0.0288. The highest BCUT2D eigenvalue weighted by Gasteiger charge is 2.18. The van der Waals surface area contributed by atoms with Gasteiger partial charge in [0.05, 0.1) is 16.9 Å². The van der Waals surface area contributed by atoms with Crippen LogP contribution in [-0.2, 0) is 13.0 Å². The second kappa shape index (κ2) is 6.57. The van der Waals surface area contributed by atoms with E-state index in [4.69, 9.17) is 11.6 Å². The molecule has 1 amide bonds. The molecule has 0 unspecified atom stereocenters. The summed E-state index contributed by atoms with van der Waals surface area (Å²) in [5.41, 5.74) is 1.88. The number of fused-ring (bicyclic) bond motifs is 2.